The summed E-state index contributed by atoms with van der Waals surface area (Å²) in [7, 11) is 0. The maximum absolute atomic E-state index is 5.30. The van der Waals surface area contributed by atoms with Crippen LogP contribution in [0.5, 0.6) is 0 Å². The first kappa shape index (κ1) is 16.3. The maximum Gasteiger partial charge on any atom is 0.243 e. The minimum atomic E-state index is 0.124. The number of hydrogen-bond donors (Lipinski definition) is 1. The summed E-state index contributed by atoms with van der Waals surface area (Å²) in [6.07, 6.45) is 6.75. The van der Waals surface area contributed by atoms with Gasteiger partial charge in [-0.15, -0.1) is 0 Å². The highest BCUT2D eigenvalue weighted by atomic mass is 32.2. The molecule has 0 amide bonds. The molecule has 1 atom stereocenters. The molecule has 6 heteroatoms. The molecule has 124 valence electrons. The van der Waals surface area contributed by atoms with Crippen molar-refractivity contribution in [3.05, 3.63) is 11.7 Å². The van der Waals surface area contributed by atoms with Gasteiger partial charge in [-0.3, -0.25) is 4.90 Å². The molecule has 0 spiro atoms. The van der Waals surface area contributed by atoms with E-state index in [0.29, 0.717) is 17.3 Å². The molecule has 5 nitrogen and oxygen atoms in total. The Morgan fingerprint density at radius 1 is 1.27 bits per heavy atom. The monoisotopic (exact) mass is 324 g/mol. The summed E-state index contributed by atoms with van der Waals surface area (Å²) in [4.78, 5) is 7.10. The second-order valence-corrected chi connectivity index (χ2v) is 7.89. The fourth-order valence-corrected chi connectivity index (χ4v) is 4.67. The first-order valence-corrected chi connectivity index (χ1v) is 9.71. The van der Waals surface area contributed by atoms with Gasteiger partial charge in [0.05, 0.1) is 6.04 Å². The molecule has 1 saturated heterocycles. The molecule has 0 aromatic carbocycles. The van der Waals surface area contributed by atoms with Crippen molar-refractivity contribution in [2.45, 2.75) is 57.5 Å². The quantitative estimate of drug-likeness (QED) is 0.899. The van der Waals surface area contributed by atoms with E-state index in [4.69, 9.17) is 4.52 Å². The van der Waals surface area contributed by atoms with E-state index in [9.17, 15) is 0 Å². The van der Waals surface area contributed by atoms with Gasteiger partial charge < -0.3 is 9.84 Å². The number of rotatable bonds is 5. The molecule has 1 aromatic heterocycles. The zero-order chi connectivity index (χ0) is 15.4. The lowest BCUT2D eigenvalue weighted by molar-refractivity contribution is 0.0554. The Hall–Kier alpha value is -0.590. The van der Waals surface area contributed by atoms with Crippen LogP contribution in [-0.2, 0) is 0 Å². The Bertz CT molecular complexity index is 466. The Labute approximate surface area is 137 Å². The molecular weight excluding hydrogens is 296 g/mol. The number of aryl methyl sites for hydroxylation is 1. The summed E-state index contributed by atoms with van der Waals surface area (Å²) in [5, 5.41) is 7.58. The number of aromatic nitrogens is 2. The number of hydrogen-bond acceptors (Lipinski definition) is 6. The van der Waals surface area contributed by atoms with E-state index in [0.717, 1.165) is 6.54 Å². The predicted molar refractivity (Wildman–Crippen MR) is 90.2 cm³/mol. The van der Waals surface area contributed by atoms with Gasteiger partial charge in [-0.05, 0) is 26.7 Å². The van der Waals surface area contributed by atoms with Gasteiger partial charge in [0.1, 0.15) is 0 Å². The van der Waals surface area contributed by atoms with Gasteiger partial charge in [0.25, 0.3) is 0 Å². The van der Waals surface area contributed by atoms with E-state index >= 15 is 0 Å². The first-order valence-electron chi connectivity index (χ1n) is 8.56. The third kappa shape index (κ3) is 3.66. The van der Waals surface area contributed by atoms with E-state index in [1.807, 2.05) is 6.92 Å². The number of thioether (sulfide) groups is 1. The zero-order valence-corrected chi connectivity index (χ0v) is 14.6. The minimum absolute atomic E-state index is 0.124. The normalized spacial score (nSPS) is 24.3. The summed E-state index contributed by atoms with van der Waals surface area (Å²) >= 11 is 2.09. The lowest BCUT2D eigenvalue weighted by Crippen LogP contribution is -2.58. The SMILES string of the molecule is Cc1noc([C@@H](C)NCC2(N3CCSCC3)CCCCC2)n1. The topological polar surface area (TPSA) is 54.2 Å². The van der Waals surface area contributed by atoms with Gasteiger partial charge in [-0.25, -0.2) is 0 Å². The molecule has 22 heavy (non-hydrogen) atoms. The van der Waals surface area contributed by atoms with Crippen LogP contribution >= 0.6 is 11.8 Å². The zero-order valence-electron chi connectivity index (χ0n) is 13.8. The molecule has 1 saturated carbocycles. The average Bonchev–Trinajstić information content (AvgIpc) is 3.01. The van der Waals surface area contributed by atoms with Gasteiger partial charge in [0.2, 0.25) is 5.89 Å². The summed E-state index contributed by atoms with van der Waals surface area (Å²) in [6.45, 7) is 7.49. The van der Waals surface area contributed by atoms with Crippen molar-refractivity contribution >= 4 is 11.8 Å². The van der Waals surface area contributed by atoms with Crippen LogP contribution in [0.3, 0.4) is 0 Å². The summed E-state index contributed by atoms with van der Waals surface area (Å²) in [5.74, 6) is 3.97. The van der Waals surface area contributed by atoms with Crippen molar-refractivity contribution in [2.75, 3.05) is 31.1 Å². The van der Waals surface area contributed by atoms with Crippen LogP contribution in [0.1, 0.15) is 56.8 Å². The molecule has 3 rings (SSSR count). The molecule has 1 aliphatic carbocycles. The molecule has 0 radical (unpaired) electrons. The fraction of sp³-hybridized carbons (Fsp3) is 0.875. The third-order valence-corrected chi connectivity index (χ3v) is 6.06. The van der Waals surface area contributed by atoms with Gasteiger partial charge in [0, 0.05) is 36.7 Å². The van der Waals surface area contributed by atoms with Crippen LogP contribution in [0.15, 0.2) is 4.52 Å². The lowest BCUT2D eigenvalue weighted by Gasteiger charge is -2.48. The van der Waals surface area contributed by atoms with Crippen molar-refractivity contribution in [1.29, 1.82) is 0 Å². The van der Waals surface area contributed by atoms with Crippen LogP contribution in [0, 0.1) is 6.92 Å². The maximum atomic E-state index is 5.30. The van der Waals surface area contributed by atoms with E-state index in [1.54, 1.807) is 0 Å². The predicted octanol–water partition coefficient (Wildman–Crippen LogP) is 2.78. The molecule has 1 N–H and O–H groups in total. The van der Waals surface area contributed by atoms with Crippen LogP contribution in [0.4, 0.5) is 0 Å². The Morgan fingerprint density at radius 2 is 2.00 bits per heavy atom. The largest absolute Gasteiger partial charge is 0.338 e. The molecule has 1 aliphatic heterocycles. The second-order valence-electron chi connectivity index (χ2n) is 6.67. The van der Waals surface area contributed by atoms with Crippen LogP contribution in [-0.4, -0.2) is 51.7 Å². The van der Waals surface area contributed by atoms with Gasteiger partial charge in [0.15, 0.2) is 5.82 Å². The smallest absolute Gasteiger partial charge is 0.243 e. The Balaban J connectivity index is 1.64. The van der Waals surface area contributed by atoms with Crippen molar-refractivity contribution in [3.63, 3.8) is 0 Å². The number of nitrogens with one attached hydrogen (secondary N) is 1. The third-order valence-electron chi connectivity index (χ3n) is 5.12. The molecular formula is C16H28N4OS. The summed E-state index contributed by atoms with van der Waals surface area (Å²) in [5.41, 5.74) is 0.336. The van der Waals surface area contributed by atoms with E-state index in [1.165, 1.54) is 56.7 Å². The lowest BCUT2D eigenvalue weighted by atomic mass is 9.79. The Morgan fingerprint density at radius 3 is 2.64 bits per heavy atom. The molecule has 2 fully saturated rings. The minimum Gasteiger partial charge on any atom is -0.338 e. The van der Waals surface area contributed by atoms with E-state index in [-0.39, 0.29) is 6.04 Å². The highest BCUT2D eigenvalue weighted by molar-refractivity contribution is 7.99. The fourth-order valence-electron chi connectivity index (χ4n) is 3.77. The Kier molecular flexibility index (Phi) is 5.42. The standard InChI is InChI=1S/C16H28N4OS/c1-13(15-18-14(2)19-21-15)17-12-16(6-4-3-5-7-16)20-8-10-22-11-9-20/h13,17H,3-12H2,1-2H3/t13-/m1/s1. The van der Waals surface area contributed by atoms with Crippen molar-refractivity contribution < 1.29 is 4.52 Å². The molecule has 0 unspecified atom stereocenters. The first-order chi connectivity index (χ1) is 10.7. The van der Waals surface area contributed by atoms with Crippen molar-refractivity contribution in [3.8, 4) is 0 Å². The van der Waals surface area contributed by atoms with Crippen LogP contribution in [0.2, 0.25) is 0 Å². The van der Waals surface area contributed by atoms with Crippen LogP contribution in [0.25, 0.3) is 0 Å². The summed E-state index contributed by atoms with van der Waals surface area (Å²) < 4.78 is 5.30. The average molecular weight is 324 g/mol. The van der Waals surface area contributed by atoms with Crippen LogP contribution < -0.4 is 5.32 Å². The van der Waals surface area contributed by atoms with Crippen molar-refractivity contribution in [2.24, 2.45) is 0 Å². The van der Waals surface area contributed by atoms with E-state index in [2.05, 4.69) is 39.0 Å². The highest BCUT2D eigenvalue weighted by Gasteiger charge is 2.38. The molecule has 0 bridgehead atoms. The van der Waals surface area contributed by atoms with Gasteiger partial charge >= 0.3 is 0 Å². The molecule has 1 aromatic rings. The molecule has 2 aliphatic rings. The summed E-state index contributed by atoms with van der Waals surface area (Å²) in [6, 6.07) is 0.124. The molecule has 2 heterocycles. The van der Waals surface area contributed by atoms with Crippen molar-refractivity contribution in [1.82, 2.24) is 20.4 Å². The van der Waals surface area contributed by atoms with Gasteiger partial charge in [-0.2, -0.15) is 16.7 Å². The highest BCUT2D eigenvalue weighted by Crippen LogP contribution is 2.35. The van der Waals surface area contributed by atoms with Gasteiger partial charge in [-0.1, -0.05) is 24.4 Å². The second kappa shape index (κ2) is 7.32. The number of nitrogens with zero attached hydrogens (tertiary/aromatic N) is 3. The van der Waals surface area contributed by atoms with E-state index < -0.39 is 0 Å².